The third kappa shape index (κ3) is 4.09. The molecule has 0 saturated heterocycles. The molecule has 6 nitrogen and oxygen atoms in total. The van der Waals surface area contributed by atoms with Crippen molar-refractivity contribution in [3.05, 3.63) is 100 Å². The van der Waals surface area contributed by atoms with Crippen molar-refractivity contribution in [3.8, 4) is 11.5 Å². The van der Waals surface area contributed by atoms with E-state index in [2.05, 4.69) is 4.74 Å². The molecule has 0 spiro atoms. The number of esters is 2. The maximum Gasteiger partial charge on any atom is 0.343 e. The quantitative estimate of drug-likeness (QED) is 0.352. The molecule has 1 aliphatic heterocycles. The highest BCUT2D eigenvalue weighted by Gasteiger charge is 2.30. The summed E-state index contributed by atoms with van der Waals surface area (Å²) < 4.78 is 15.9. The van der Waals surface area contributed by atoms with Crippen LogP contribution in [0.4, 0.5) is 0 Å². The molecular weight excluding hydrogens is 396 g/mol. The molecule has 0 fully saturated rings. The summed E-state index contributed by atoms with van der Waals surface area (Å²) >= 11 is 0. The molecule has 0 aliphatic carbocycles. The number of allylic oxidation sites excluding steroid dienone is 1. The predicted octanol–water partition coefficient (Wildman–Crippen LogP) is 4.62. The van der Waals surface area contributed by atoms with Crippen molar-refractivity contribution in [1.82, 2.24) is 0 Å². The molecule has 0 amide bonds. The van der Waals surface area contributed by atoms with Crippen molar-refractivity contribution in [2.24, 2.45) is 0 Å². The highest BCUT2D eigenvalue weighted by atomic mass is 16.5. The zero-order chi connectivity index (χ0) is 22.0. The zero-order valence-electron chi connectivity index (χ0n) is 16.9. The molecule has 0 atom stereocenters. The second kappa shape index (κ2) is 8.28. The summed E-state index contributed by atoms with van der Waals surface area (Å²) in [4.78, 5) is 36.7. The fourth-order valence-electron chi connectivity index (χ4n) is 3.26. The van der Waals surface area contributed by atoms with Gasteiger partial charge in [0.25, 0.3) is 0 Å². The zero-order valence-corrected chi connectivity index (χ0v) is 16.9. The first kappa shape index (κ1) is 20.1. The van der Waals surface area contributed by atoms with Gasteiger partial charge < -0.3 is 14.2 Å². The molecule has 0 saturated carbocycles. The van der Waals surface area contributed by atoms with Gasteiger partial charge in [-0.05, 0) is 54.5 Å². The van der Waals surface area contributed by atoms with Crippen LogP contribution in [0.3, 0.4) is 0 Å². The topological polar surface area (TPSA) is 78.9 Å². The minimum atomic E-state index is -0.495. The molecule has 0 aromatic heterocycles. The molecule has 0 radical (unpaired) electrons. The molecule has 0 bridgehead atoms. The van der Waals surface area contributed by atoms with E-state index in [-0.39, 0.29) is 11.5 Å². The van der Waals surface area contributed by atoms with Crippen LogP contribution in [0.5, 0.6) is 11.5 Å². The number of aryl methyl sites for hydroxylation is 1. The number of fused-ring (bicyclic) bond motifs is 1. The molecular formula is C25H18O6. The molecule has 3 aromatic rings. The van der Waals surface area contributed by atoms with Crippen LogP contribution in [-0.2, 0) is 4.74 Å². The second-order valence-corrected chi connectivity index (χ2v) is 6.92. The molecule has 0 unspecified atom stereocenters. The Labute approximate surface area is 178 Å². The summed E-state index contributed by atoms with van der Waals surface area (Å²) in [5, 5.41) is 0. The monoisotopic (exact) mass is 414 g/mol. The minimum Gasteiger partial charge on any atom is -0.465 e. The van der Waals surface area contributed by atoms with Gasteiger partial charge in [0.2, 0.25) is 5.78 Å². The van der Waals surface area contributed by atoms with E-state index in [1.807, 2.05) is 6.07 Å². The molecule has 3 aromatic carbocycles. The highest BCUT2D eigenvalue weighted by molar-refractivity contribution is 6.15. The van der Waals surface area contributed by atoms with Crippen LogP contribution < -0.4 is 9.47 Å². The standard InChI is InChI=1S/C25H18O6/c1-15-12-19(30-25(28)17-6-4-3-5-7-17)14-20-22(15)23(26)21(31-20)13-16-8-10-18(11-9-16)24(27)29-2/h3-14H,1-2H3/b21-13-. The average Bonchev–Trinajstić information content (AvgIpc) is 3.09. The number of methoxy groups -OCH3 is 1. The fourth-order valence-corrected chi connectivity index (χ4v) is 3.26. The van der Waals surface area contributed by atoms with E-state index in [9.17, 15) is 14.4 Å². The van der Waals surface area contributed by atoms with Crippen LogP contribution in [0.25, 0.3) is 6.08 Å². The number of ether oxygens (including phenoxy) is 3. The number of hydrogen-bond donors (Lipinski definition) is 0. The smallest absolute Gasteiger partial charge is 0.343 e. The fraction of sp³-hybridized carbons (Fsp3) is 0.0800. The van der Waals surface area contributed by atoms with E-state index in [0.717, 1.165) is 0 Å². The number of benzene rings is 3. The lowest BCUT2D eigenvalue weighted by atomic mass is 10.0. The number of carbonyl (C=O) groups excluding carboxylic acids is 3. The number of carbonyl (C=O) groups is 3. The van der Waals surface area contributed by atoms with E-state index < -0.39 is 11.9 Å². The van der Waals surface area contributed by atoms with E-state index in [0.29, 0.717) is 39.3 Å². The Kier molecular flexibility index (Phi) is 5.37. The van der Waals surface area contributed by atoms with Gasteiger partial charge in [-0.2, -0.15) is 0 Å². The summed E-state index contributed by atoms with van der Waals surface area (Å²) in [6, 6.07) is 18.4. The Bertz CT molecular complexity index is 1210. The van der Waals surface area contributed by atoms with Crippen LogP contribution in [0.15, 0.2) is 72.5 Å². The van der Waals surface area contributed by atoms with Crippen molar-refractivity contribution in [3.63, 3.8) is 0 Å². The van der Waals surface area contributed by atoms with Crippen molar-refractivity contribution >= 4 is 23.8 Å². The highest BCUT2D eigenvalue weighted by Crippen LogP contribution is 2.37. The van der Waals surface area contributed by atoms with Crippen LogP contribution in [0.2, 0.25) is 0 Å². The van der Waals surface area contributed by atoms with Crippen molar-refractivity contribution in [1.29, 1.82) is 0 Å². The van der Waals surface area contributed by atoms with Gasteiger partial charge in [0.1, 0.15) is 11.5 Å². The number of Topliss-reactive ketones (excluding diaryl/α,β-unsaturated/α-hetero) is 1. The molecule has 4 rings (SSSR count). The summed E-state index contributed by atoms with van der Waals surface area (Å²) in [5.41, 5.74) is 2.60. The maximum atomic E-state index is 12.8. The third-order valence-corrected chi connectivity index (χ3v) is 4.79. The predicted molar refractivity (Wildman–Crippen MR) is 113 cm³/mol. The van der Waals surface area contributed by atoms with Gasteiger partial charge in [-0.1, -0.05) is 30.3 Å². The molecule has 1 heterocycles. The Balaban J connectivity index is 1.57. The number of rotatable bonds is 4. The third-order valence-electron chi connectivity index (χ3n) is 4.79. The van der Waals surface area contributed by atoms with E-state index in [4.69, 9.17) is 9.47 Å². The Morgan fingerprint density at radius 1 is 0.903 bits per heavy atom. The van der Waals surface area contributed by atoms with Crippen LogP contribution in [0.1, 0.15) is 42.2 Å². The average molecular weight is 414 g/mol. The van der Waals surface area contributed by atoms with Gasteiger partial charge in [0.15, 0.2) is 5.76 Å². The lowest BCUT2D eigenvalue weighted by Gasteiger charge is -2.07. The minimum absolute atomic E-state index is 0.149. The van der Waals surface area contributed by atoms with Gasteiger partial charge in [-0.15, -0.1) is 0 Å². The normalized spacial score (nSPS) is 13.5. The Morgan fingerprint density at radius 3 is 2.26 bits per heavy atom. The molecule has 1 aliphatic rings. The van der Waals surface area contributed by atoms with Crippen LogP contribution in [-0.4, -0.2) is 24.8 Å². The van der Waals surface area contributed by atoms with Crippen molar-refractivity contribution in [2.75, 3.05) is 7.11 Å². The molecule has 154 valence electrons. The number of hydrogen-bond acceptors (Lipinski definition) is 6. The van der Waals surface area contributed by atoms with Crippen LogP contribution in [0, 0.1) is 6.92 Å². The Morgan fingerprint density at radius 2 is 1.58 bits per heavy atom. The van der Waals surface area contributed by atoms with Gasteiger partial charge in [-0.25, -0.2) is 9.59 Å². The summed E-state index contributed by atoms with van der Waals surface area (Å²) in [6.07, 6.45) is 1.60. The van der Waals surface area contributed by atoms with E-state index in [1.54, 1.807) is 67.6 Å². The first-order valence-corrected chi connectivity index (χ1v) is 9.51. The van der Waals surface area contributed by atoms with Gasteiger partial charge in [0, 0.05) is 6.07 Å². The SMILES string of the molecule is COC(=O)c1ccc(/C=C2\Oc3cc(OC(=O)c4ccccc4)cc(C)c3C2=O)cc1. The molecule has 31 heavy (non-hydrogen) atoms. The lowest BCUT2D eigenvalue weighted by Crippen LogP contribution is -2.08. The van der Waals surface area contributed by atoms with Gasteiger partial charge in [-0.3, -0.25) is 4.79 Å². The summed E-state index contributed by atoms with van der Waals surface area (Å²) in [7, 11) is 1.31. The molecule has 0 N–H and O–H groups in total. The first-order chi connectivity index (χ1) is 15.0. The lowest BCUT2D eigenvalue weighted by molar-refractivity contribution is 0.0600. The first-order valence-electron chi connectivity index (χ1n) is 9.51. The maximum absolute atomic E-state index is 12.8. The molecule has 6 heteroatoms. The van der Waals surface area contributed by atoms with Gasteiger partial charge >= 0.3 is 11.9 Å². The van der Waals surface area contributed by atoms with E-state index >= 15 is 0 Å². The summed E-state index contributed by atoms with van der Waals surface area (Å²) in [6.45, 7) is 1.76. The van der Waals surface area contributed by atoms with Gasteiger partial charge in [0.05, 0.1) is 23.8 Å². The van der Waals surface area contributed by atoms with Crippen LogP contribution >= 0.6 is 0 Å². The van der Waals surface area contributed by atoms with E-state index in [1.165, 1.54) is 13.2 Å². The van der Waals surface area contributed by atoms with Crippen molar-refractivity contribution < 1.29 is 28.6 Å². The summed E-state index contributed by atoms with van der Waals surface area (Å²) in [5.74, 6) is -0.417. The Hall–Kier alpha value is -4.19. The number of ketones is 1. The largest absolute Gasteiger partial charge is 0.465 e. The second-order valence-electron chi connectivity index (χ2n) is 6.92. The van der Waals surface area contributed by atoms with Crippen molar-refractivity contribution in [2.45, 2.75) is 6.92 Å².